The maximum absolute atomic E-state index is 14.9. The van der Waals surface area contributed by atoms with Gasteiger partial charge in [-0.3, -0.25) is 0 Å². The minimum Gasteiger partial charge on any atom is -0.455 e. The first-order valence-corrected chi connectivity index (χ1v) is 9.29. The molecule has 0 unspecified atom stereocenters. The van der Waals surface area contributed by atoms with Crippen molar-refractivity contribution in [2.45, 2.75) is 0 Å². The highest BCUT2D eigenvalue weighted by atomic mass is 35.5. The van der Waals surface area contributed by atoms with E-state index in [0.717, 1.165) is 43.8 Å². The van der Waals surface area contributed by atoms with Gasteiger partial charge in [0.2, 0.25) is 0 Å². The summed E-state index contributed by atoms with van der Waals surface area (Å²) in [5.74, 6) is -0.409. The number of hydrogen-bond acceptors (Lipinski definition) is 2. The van der Waals surface area contributed by atoms with E-state index in [9.17, 15) is 4.39 Å². The van der Waals surface area contributed by atoms with Gasteiger partial charge in [0.15, 0.2) is 11.4 Å². The van der Waals surface area contributed by atoms with Gasteiger partial charge >= 0.3 is 0 Å². The maximum Gasteiger partial charge on any atom is 0.171 e. The molecular weight excluding hydrogens is 375 g/mol. The molecule has 4 heteroatoms. The Morgan fingerprint density at radius 2 is 1.43 bits per heavy atom. The van der Waals surface area contributed by atoms with Crippen molar-refractivity contribution in [1.29, 1.82) is 0 Å². The SMILES string of the molecule is Fc1cc(-c2cccc3c2oc2ccccc23)cc2c1oc1cc(Cl)ccc12. The number of furan rings is 2. The van der Waals surface area contributed by atoms with Crippen molar-refractivity contribution in [1.82, 2.24) is 0 Å². The van der Waals surface area contributed by atoms with Crippen LogP contribution in [-0.4, -0.2) is 0 Å². The van der Waals surface area contributed by atoms with Crippen LogP contribution in [0, 0.1) is 5.82 Å². The molecule has 0 amide bonds. The maximum atomic E-state index is 14.9. The van der Waals surface area contributed by atoms with E-state index in [1.54, 1.807) is 12.1 Å². The van der Waals surface area contributed by atoms with Crippen molar-refractivity contribution < 1.29 is 13.2 Å². The number of fused-ring (bicyclic) bond motifs is 6. The third kappa shape index (κ3) is 2.14. The molecule has 4 aromatic carbocycles. The largest absolute Gasteiger partial charge is 0.455 e. The summed E-state index contributed by atoms with van der Waals surface area (Å²) < 4.78 is 26.7. The van der Waals surface area contributed by atoms with E-state index in [1.165, 1.54) is 6.07 Å². The summed E-state index contributed by atoms with van der Waals surface area (Å²) in [6.07, 6.45) is 0. The second-order valence-corrected chi connectivity index (χ2v) is 7.29. The van der Waals surface area contributed by atoms with Crippen molar-refractivity contribution in [2.75, 3.05) is 0 Å². The summed E-state index contributed by atoms with van der Waals surface area (Å²) in [4.78, 5) is 0. The number of rotatable bonds is 1. The Hall–Kier alpha value is -3.30. The molecular formula is C24H12ClFO2. The van der Waals surface area contributed by atoms with E-state index in [-0.39, 0.29) is 5.58 Å². The third-order valence-corrected chi connectivity index (χ3v) is 5.44. The van der Waals surface area contributed by atoms with Gasteiger partial charge in [-0.25, -0.2) is 4.39 Å². The lowest BCUT2D eigenvalue weighted by Gasteiger charge is -2.04. The zero-order valence-corrected chi connectivity index (χ0v) is 15.3. The molecule has 0 fully saturated rings. The topological polar surface area (TPSA) is 26.3 Å². The molecule has 134 valence electrons. The molecule has 0 atom stereocenters. The highest BCUT2D eigenvalue weighted by Crippen LogP contribution is 2.39. The summed E-state index contributed by atoms with van der Waals surface area (Å²) in [7, 11) is 0. The van der Waals surface area contributed by atoms with Gasteiger partial charge in [-0.15, -0.1) is 0 Å². The average Bonchev–Trinajstić information content (AvgIpc) is 3.26. The third-order valence-electron chi connectivity index (χ3n) is 5.20. The number of benzene rings is 4. The van der Waals surface area contributed by atoms with E-state index in [1.807, 2.05) is 54.6 Å². The molecule has 0 spiro atoms. The summed E-state index contributed by atoms with van der Waals surface area (Å²) in [6.45, 7) is 0. The highest BCUT2D eigenvalue weighted by Gasteiger charge is 2.17. The molecule has 0 aliphatic carbocycles. The zero-order valence-electron chi connectivity index (χ0n) is 14.5. The van der Waals surface area contributed by atoms with E-state index >= 15 is 0 Å². The van der Waals surface area contributed by atoms with Crippen molar-refractivity contribution in [2.24, 2.45) is 0 Å². The lowest BCUT2D eigenvalue weighted by atomic mass is 10.00. The average molecular weight is 387 g/mol. The summed E-state index contributed by atoms with van der Waals surface area (Å²) in [6, 6.07) is 22.6. The summed E-state index contributed by atoms with van der Waals surface area (Å²) in [5.41, 5.74) is 3.96. The molecule has 6 rings (SSSR count). The molecule has 0 aliphatic heterocycles. The Morgan fingerprint density at radius 3 is 2.36 bits per heavy atom. The summed E-state index contributed by atoms with van der Waals surface area (Å²) in [5, 5.41) is 4.16. The zero-order chi connectivity index (χ0) is 18.8. The molecule has 2 heterocycles. The Balaban J connectivity index is 1.69. The molecule has 0 aliphatic rings. The number of halogens is 2. The van der Waals surface area contributed by atoms with Gasteiger partial charge in [0.1, 0.15) is 16.7 Å². The molecule has 2 nitrogen and oxygen atoms in total. The Bertz CT molecular complexity index is 1540. The molecule has 6 aromatic rings. The minimum absolute atomic E-state index is 0.234. The minimum atomic E-state index is -0.409. The number of hydrogen-bond donors (Lipinski definition) is 0. The van der Waals surface area contributed by atoms with Crippen molar-refractivity contribution in [3.63, 3.8) is 0 Å². The second kappa shape index (κ2) is 5.60. The van der Waals surface area contributed by atoms with Gasteiger partial charge in [0.25, 0.3) is 0 Å². The molecule has 28 heavy (non-hydrogen) atoms. The van der Waals surface area contributed by atoms with Gasteiger partial charge in [0.05, 0.1) is 0 Å². The van der Waals surface area contributed by atoms with Crippen LogP contribution in [0.5, 0.6) is 0 Å². The predicted molar refractivity (Wildman–Crippen MR) is 111 cm³/mol. The van der Waals surface area contributed by atoms with Crippen LogP contribution in [0.4, 0.5) is 4.39 Å². The van der Waals surface area contributed by atoms with Crippen LogP contribution in [0.25, 0.3) is 55.0 Å². The van der Waals surface area contributed by atoms with Crippen molar-refractivity contribution in [3.05, 3.63) is 83.6 Å². The fourth-order valence-corrected chi connectivity index (χ4v) is 4.10. The lowest BCUT2D eigenvalue weighted by Crippen LogP contribution is -1.83. The second-order valence-electron chi connectivity index (χ2n) is 6.86. The predicted octanol–water partition coefficient (Wildman–Crippen LogP) is 7.94. The van der Waals surface area contributed by atoms with E-state index in [4.69, 9.17) is 20.4 Å². The monoisotopic (exact) mass is 386 g/mol. The van der Waals surface area contributed by atoms with Crippen LogP contribution in [0.3, 0.4) is 0 Å². The Kier molecular flexibility index (Phi) is 3.15. The van der Waals surface area contributed by atoms with Crippen LogP contribution in [-0.2, 0) is 0 Å². The van der Waals surface area contributed by atoms with Gasteiger partial charge in [-0.1, -0.05) is 48.0 Å². The van der Waals surface area contributed by atoms with Crippen LogP contribution in [0.15, 0.2) is 81.6 Å². The molecule has 0 saturated carbocycles. The number of para-hydroxylation sites is 2. The first-order chi connectivity index (χ1) is 13.7. The molecule has 0 bridgehead atoms. The van der Waals surface area contributed by atoms with Gasteiger partial charge in [-0.05, 0) is 35.9 Å². The van der Waals surface area contributed by atoms with E-state index in [0.29, 0.717) is 10.6 Å². The van der Waals surface area contributed by atoms with Crippen LogP contribution in [0.1, 0.15) is 0 Å². The standard InChI is InChI=1S/C24H12ClFO2/c25-14-8-9-17-19-10-13(11-20(26)24(19)28-22(17)12-14)15-5-3-6-18-16-4-1-2-7-21(16)27-23(15)18/h1-12H. The van der Waals surface area contributed by atoms with E-state index < -0.39 is 5.82 Å². The van der Waals surface area contributed by atoms with Crippen LogP contribution < -0.4 is 0 Å². The first-order valence-electron chi connectivity index (χ1n) is 8.91. The first kappa shape index (κ1) is 15.7. The quantitative estimate of drug-likeness (QED) is 0.286. The van der Waals surface area contributed by atoms with Gasteiger partial charge in [-0.2, -0.15) is 0 Å². The molecule has 0 saturated heterocycles. The summed E-state index contributed by atoms with van der Waals surface area (Å²) >= 11 is 6.05. The normalized spacial score (nSPS) is 11.9. The Labute approximate surface area is 163 Å². The van der Waals surface area contributed by atoms with Crippen LogP contribution >= 0.6 is 11.6 Å². The highest BCUT2D eigenvalue weighted by molar-refractivity contribution is 6.31. The van der Waals surface area contributed by atoms with Crippen molar-refractivity contribution >= 4 is 55.5 Å². The fourth-order valence-electron chi connectivity index (χ4n) is 3.94. The van der Waals surface area contributed by atoms with E-state index in [2.05, 4.69) is 0 Å². The molecule has 0 radical (unpaired) electrons. The van der Waals surface area contributed by atoms with Crippen LogP contribution in [0.2, 0.25) is 5.02 Å². The molecule has 0 N–H and O–H groups in total. The van der Waals surface area contributed by atoms with Crippen molar-refractivity contribution in [3.8, 4) is 11.1 Å². The molecule has 2 aromatic heterocycles. The Morgan fingerprint density at radius 1 is 0.643 bits per heavy atom. The van der Waals surface area contributed by atoms with Gasteiger partial charge in [0, 0.05) is 38.2 Å². The lowest BCUT2D eigenvalue weighted by molar-refractivity contribution is 0.584. The smallest absolute Gasteiger partial charge is 0.171 e. The van der Waals surface area contributed by atoms with Gasteiger partial charge < -0.3 is 8.83 Å². The fraction of sp³-hybridized carbons (Fsp3) is 0.